The third kappa shape index (κ3) is 3.73. The number of aliphatic hydroxyl groups excluding tert-OH is 1. The number of hydrogen-bond acceptors (Lipinski definition) is 5. The second-order valence-electron chi connectivity index (χ2n) is 6.16. The molecule has 5 nitrogen and oxygen atoms in total. The van der Waals surface area contributed by atoms with Crippen LogP contribution in [0.4, 0.5) is 0 Å². The van der Waals surface area contributed by atoms with Crippen LogP contribution in [0.1, 0.15) is 45.4 Å². The Morgan fingerprint density at radius 1 is 1.33 bits per heavy atom. The van der Waals surface area contributed by atoms with Crippen LogP contribution in [0.15, 0.2) is 11.3 Å². The lowest BCUT2D eigenvalue weighted by Gasteiger charge is -2.32. The van der Waals surface area contributed by atoms with Crippen LogP contribution in [-0.2, 0) is 14.6 Å². The molecule has 0 spiro atoms. The van der Waals surface area contributed by atoms with E-state index in [-0.39, 0.29) is 52.6 Å². The Hall–Kier alpha value is -1.17. The summed E-state index contributed by atoms with van der Waals surface area (Å²) in [4.78, 5) is 12.2. The fourth-order valence-electron chi connectivity index (χ4n) is 3.40. The van der Waals surface area contributed by atoms with Crippen LogP contribution in [0.2, 0.25) is 0 Å². The van der Waals surface area contributed by atoms with Crippen molar-refractivity contribution in [3.05, 3.63) is 11.3 Å². The molecule has 21 heavy (non-hydrogen) atoms. The highest BCUT2D eigenvalue weighted by Crippen LogP contribution is 2.36. The molecule has 2 aliphatic rings. The molecule has 0 aromatic carbocycles. The molecule has 1 aliphatic carbocycles. The first-order chi connectivity index (χ1) is 9.84. The zero-order chi connectivity index (χ0) is 15.6. The first kappa shape index (κ1) is 16.2. The fourth-order valence-corrected chi connectivity index (χ4v) is 5.27. The van der Waals surface area contributed by atoms with Crippen molar-refractivity contribution in [1.82, 2.24) is 0 Å². The monoisotopic (exact) mass is 313 g/mol. The summed E-state index contributed by atoms with van der Waals surface area (Å²) in [6.07, 6.45) is 3.26. The zero-order valence-electron chi connectivity index (χ0n) is 12.4. The van der Waals surface area contributed by atoms with Crippen molar-refractivity contribution in [3.63, 3.8) is 0 Å². The van der Waals surface area contributed by atoms with Crippen molar-refractivity contribution >= 4 is 21.3 Å². The van der Waals surface area contributed by atoms with Crippen molar-refractivity contribution in [2.24, 2.45) is 11.8 Å². The fraction of sp³-hybridized carbons (Fsp3) is 0.733. The Labute approximate surface area is 125 Å². The summed E-state index contributed by atoms with van der Waals surface area (Å²) < 4.78 is 23.5. The van der Waals surface area contributed by atoms with Crippen LogP contribution in [0.3, 0.4) is 0 Å². The lowest BCUT2D eigenvalue weighted by atomic mass is 9.77. The number of allylic oxidation sites excluding steroid dienone is 2. The first-order valence-corrected chi connectivity index (χ1v) is 9.39. The number of carbonyl (C=O) groups is 1. The predicted octanol–water partition coefficient (Wildman–Crippen LogP) is 2.42. The smallest absolute Gasteiger partial charge is 0.168 e. The molecule has 2 N–H and O–H groups in total. The molecular weight excluding hydrogens is 290 g/mol. The Balaban J connectivity index is 2.14. The predicted molar refractivity (Wildman–Crippen MR) is 81.4 cm³/mol. The third-order valence-electron chi connectivity index (χ3n) is 4.44. The third-order valence-corrected chi connectivity index (χ3v) is 6.28. The van der Waals surface area contributed by atoms with E-state index in [1.54, 1.807) is 0 Å². The normalized spacial score (nSPS) is 29.5. The van der Waals surface area contributed by atoms with Crippen molar-refractivity contribution in [2.75, 3.05) is 11.5 Å². The molecule has 1 heterocycles. The van der Waals surface area contributed by atoms with E-state index in [2.05, 4.69) is 0 Å². The molecule has 0 amide bonds. The lowest BCUT2D eigenvalue weighted by Crippen LogP contribution is -2.34. The second-order valence-corrected chi connectivity index (χ2v) is 8.39. The van der Waals surface area contributed by atoms with E-state index in [1.165, 1.54) is 0 Å². The van der Waals surface area contributed by atoms with Gasteiger partial charge in [0.2, 0.25) is 0 Å². The van der Waals surface area contributed by atoms with E-state index in [0.717, 1.165) is 12.8 Å². The Bertz CT molecular complexity index is 576. The van der Waals surface area contributed by atoms with Gasteiger partial charge in [-0.15, -0.1) is 0 Å². The number of aliphatic hydroxyl groups is 1. The van der Waals surface area contributed by atoms with Crippen molar-refractivity contribution in [3.8, 4) is 0 Å². The molecule has 1 saturated heterocycles. The van der Waals surface area contributed by atoms with Gasteiger partial charge in [-0.05, 0) is 31.1 Å². The summed E-state index contributed by atoms with van der Waals surface area (Å²) in [5.41, 5.74) is 0.376. The van der Waals surface area contributed by atoms with E-state index < -0.39 is 9.84 Å². The minimum absolute atomic E-state index is 0.0160. The van der Waals surface area contributed by atoms with Gasteiger partial charge in [-0.3, -0.25) is 4.79 Å². The molecule has 0 bridgehead atoms. The van der Waals surface area contributed by atoms with Gasteiger partial charge in [-0.25, -0.2) is 8.42 Å². The van der Waals surface area contributed by atoms with Crippen LogP contribution >= 0.6 is 0 Å². The molecule has 2 unspecified atom stereocenters. The van der Waals surface area contributed by atoms with Crippen LogP contribution in [0, 0.1) is 17.2 Å². The molecule has 118 valence electrons. The Kier molecular flexibility index (Phi) is 4.86. The maximum atomic E-state index is 12.2. The van der Waals surface area contributed by atoms with Crippen LogP contribution < -0.4 is 0 Å². The molecule has 1 fully saturated rings. The molecule has 0 aromatic rings. The van der Waals surface area contributed by atoms with Gasteiger partial charge in [0.05, 0.1) is 17.1 Å². The van der Waals surface area contributed by atoms with Gasteiger partial charge in [-0.2, -0.15) is 0 Å². The zero-order valence-corrected chi connectivity index (χ0v) is 13.2. The highest BCUT2D eigenvalue weighted by Gasteiger charge is 2.37. The second kappa shape index (κ2) is 6.30. The van der Waals surface area contributed by atoms with Crippen molar-refractivity contribution in [1.29, 1.82) is 5.41 Å². The largest absolute Gasteiger partial charge is 0.511 e. The van der Waals surface area contributed by atoms with Crippen LogP contribution in [-0.4, -0.2) is 36.5 Å². The average Bonchev–Trinajstić information content (AvgIpc) is 2.37. The quantitative estimate of drug-likeness (QED) is 0.779. The van der Waals surface area contributed by atoms with E-state index in [1.807, 2.05) is 6.92 Å². The molecule has 0 aromatic heterocycles. The summed E-state index contributed by atoms with van der Waals surface area (Å²) in [6, 6.07) is 0. The summed E-state index contributed by atoms with van der Waals surface area (Å²) >= 11 is 0. The van der Waals surface area contributed by atoms with Gasteiger partial charge < -0.3 is 10.5 Å². The Morgan fingerprint density at radius 2 is 2.05 bits per heavy atom. The van der Waals surface area contributed by atoms with Crippen LogP contribution in [0.25, 0.3) is 0 Å². The van der Waals surface area contributed by atoms with Gasteiger partial charge >= 0.3 is 0 Å². The molecule has 6 heteroatoms. The topological polar surface area (TPSA) is 95.3 Å². The van der Waals surface area contributed by atoms with E-state index in [9.17, 15) is 18.3 Å². The first-order valence-electron chi connectivity index (χ1n) is 7.57. The maximum absolute atomic E-state index is 12.2. The Morgan fingerprint density at radius 3 is 2.62 bits per heavy atom. The highest BCUT2D eigenvalue weighted by molar-refractivity contribution is 7.91. The van der Waals surface area contributed by atoms with Crippen molar-refractivity contribution in [2.45, 2.75) is 45.4 Å². The van der Waals surface area contributed by atoms with Gasteiger partial charge in [0.25, 0.3) is 0 Å². The molecule has 2 atom stereocenters. The molecule has 0 saturated carbocycles. The number of nitrogens with one attached hydrogen (secondary N) is 1. The maximum Gasteiger partial charge on any atom is 0.168 e. The molecule has 1 aliphatic heterocycles. The summed E-state index contributed by atoms with van der Waals surface area (Å²) in [5.74, 6) is -0.0106. The van der Waals surface area contributed by atoms with Crippen molar-refractivity contribution < 1.29 is 18.3 Å². The molecule has 0 radical (unpaired) electrons. The standard InChI is InChI=1S/C15H23NO4S/c1-2-4-12(16)15-13(17)7-11(8-14(15)18)10-5-3-6-21(19,20)9-10/h10-11,16-17H,2-9H2,1H3. The van der Waals surface area contributed by atoms with Gasteiger partial charge in [0.1, 0.15) is 5.76 Å². The lowest BCUT2D eigenvalue weighted by molar-refractivity contribution is -0.117. The number of carbonyl (C=O) groups excluding carboxylic acids is 1. The van der Waals surface area contributed by atoms with Gasteiger partial charge in [-0.1, -0.05) is 13.3 Å². The van der Waals surface area contributed by atoms with E-state index in [0.29, 0.717) is 19.3 Å². The molecule has 2 rings (SSSR count). The average molecular weight is 313 g/mol. The minimum Gasteiger partial charge on any atom is -0.511 e. The highest BCUT2D eigenvalue weighted by atomic mass is 32.2. The summed E-state index contributed by atoms with van der Waals surface area (Å²) in [7, 11) is -3.01. The summed E-state index contributed by atoms with van der Waals surface area (Å²) in [5, 5.41) is 18.0. The minimum atomic E-state index is -3.01. The number of ketones is 1. The number of hydrogen-bond donors (Lipinski definition) is 2. The van der Waals surface area contributed by atoms with Crippen LogP contribution in [0.5, 0.6) is 0 Å². The molecular formula is C15H23NO4S. The SMILES string of the molecule is CCCC(=N)C1=C(O)CC(C2CCCS(=O)(=O)C2)CC1=O. The summed E-state index contributed by atoms with van der Waals surface area (Å²) in [6.45, 7) is 1.93. The number of Topliss-reactive ketones (excluding diaryl/α,β-unsaturated/α-hetero) is 1. The number of sulfone groups is 1. The van der Waals surface area contributed by atoms with E-state index >= 15 is 0 Å². The van der Waals surface area contributed by atoms with Gasteiger partial charge in [0, 0.05) is 18.6 Å². The number of rotatable bonds is 4. The van der Waals surface area contributed by atoms with Gasteiger partial charge in [0.15, 0.2) is 15.6 Å². The van der Waals surface area contributed by atoms with E-state index in [4.69, 9.17) is 5.41 Å².